The van der Waals surface area contributed by atoms with Crippen molar-refractivity contribution in [2.45, 2.75) is 26.9 Å². The second-order valence-corrected chi connectivity index (χ2v) is 3.72. The van der Waals surface area contributed by atoms with E-state index < -0.39 is 0 Å². The molecule has 2 aromatic rings. The van der Waals surface area contributed by atoms with Crippen LogP contribution in [0.3, 0.4) is 0 Å². The molecule has 0 radical (unpaired) electrons. The molecule has 0 amide bonds. The maximum Gasteiger partial charge on any atom is 0.328 e. The molecule has 0 spiro atoms. The molecular weight excluding hydrogens is 206 g/mol. The molecule has 0 unspecified atom stereocenters. The van der Waals surface area contributed by atoms with E-state index in [0.29, 0.717) is 13.1 Å². The molecule has 6 heteroatoms. The zero-order valence-electron chi connectivity index (χ0n) is 9.71. The number of nitrogens with zero attached hydrogens (tertiary/aromatic N) is 5. The lowest BCUT2D eigenvalue weighted by Crippen LogP contribution is -2.24. The SMILES string of the molecule is CCn1ccn(Cc2nnc(C)n2C)c1=O. The number of aromatic nitrogens is 5. The number of imidazole rings is 1. The number of hydrogen-bond donors (Lipinski definition) is 0. The molecule has 0 saturated heterocycles. The smallest absolute Gasteiger partial charge is 0.317 e. The lowest BCUT2D eigenvalue weighted by Gasteiger charge is -2.01. The van der Waals surface area contributed by atoms with Crippen LogP contribution in [0.25, 0.3) is 0 Å². The first kappa shape index (κ1) is 10.7. The molecule has 0 aromatic carbocycles. The number of rotatable bonds is 3. The molecule has 6 nitrogen and oxygen atoms in total. The first-order valence-electron chi connectivity index (χ1n) is 5.24. The maximum atomic E-state index is 11.8. The maximum absolute atomic E-state index is 11.8. The highest BCUT2D eigenvalue weighted by atomic mass is 16.1. The van der Waals surface area contributed by atoms with Crippen molar-refractivity contribution in [3.05, 3.63) is 34.5 Å². The Morgan fingerprint density at radius 3 is 2.44 bits per heavy atom. The summed E-state index contributed by atoms with van der Waals surface area (Å²) in [6.45, 7) is 4.97. The van der Waals surface area contributed by atoms with E-state index in [0.717, 1.165) is 11.6 Å². The quantitative estimate of drug-likeness (QED) is 0.741. The molecule has 2 heterocycles. The molecule has 0 saturated carbocycles. The summed E-state index contributed by atoms with van der Waals surface area (Å²) in [5.74, 6) is 1.63. The van der Waals surface area contributed by atoms with Gasteiger partial charge in [0.2, 0.25) is 0 Å². The van der Waals surface area contributed by atoms with Gasteiger partial charge in [-0.1, -0.05) is 0 Å². The van der Waals surface area contributed by atoms with Gasteiger partial charge >= 0.3 is 5.69 Å². The summed E-state index contributed by atoms with van der Waals surface area (Å²) in [5, 5.41) is 7.99. The third-order valence-corrected chi connectivity index (χ3v) is 2.75. The van der Waals surface area contributed by atoms with Gasteiger partial charge in [0.25, 0.3) is 0 Å². The van der Waals surface area contributed by atoms with Crippen LogP contribution in [0.15, 0.2) is 17.2 Å². The fourth-order valence-electron chi connectivity index (χ4n) is 1.56. The summed E-state index contributed by atoms with van der Waals surface area (Å²) < 4.78 is 5.17. The van der Waals surface area contributed by atoms with Crippen molar-refractivity contribution >= 4 is 0 Å². The van der Waals surface area contributed by atoms with Gasteiger partial charge in [0.1, 0.15) is 5.82 Å². The Hall–Kier alpha value is -1.85. The summed E-state index contributed by atoms with van der Waals surface area (Å²) in [7, 11) is 1.90. The van der Waals surface area contributed by atoms with Gasteiger partial charge in [0.15, 0.2) is 5.82 Å². The fraction of sp³-hybridized carbons (Fsp3) is 0.500. The van der Waals surface area contributed by atoms with Crippen LogP contribution >= 0.6 is 0 Å². The Kier molecular flexibility index (Phi) is 2.64. The Morgan fingerprint density at radius 2 is 1.94 bits per heavy atom. The summed E-state index contributed by atoms with van der Waals surface area (Å²) in [5.41, 5.74) is -0.0110. The molecule has 0 atom stereocenters. The highest BCUT2D eigenvalue weighted by molar-refractivity contribution is 4.95. The van der Waals surface area contributed by atoms with E-state index in [1.807, 2.05) is 25.5 Å². The van der Waals surface area contributed by atoms with E-state index >= 15 is 0 Å². The van der Waals surface area contributed by atoms with Crippen molar-refractivity contribution in [2.75, 3.05) is 0 Å². The van der Waals surface area contributed by atoms with E-state index in [2.05, 4.69) is 10.2 Å². The Bertz CT molecular complexity index is 548. The van der Waals surface area contributed by atoms with Gasteiger partial charge < -0.3 is 4.57 Å². The van der Waals surface area contributed by atoms with E-state index in [1.165, 1.54) is 0 Å². The molecule has 2 aromatic heterocycles. The van der Waals surface area contributed by atoms with Gasteiger partial charge in [-0.2, -0.15) is 0 Å². The van der Waals surface area contributed by atoms with Crippen molar-refractivity contribution < 1.29 is 0 Å². The first-order chi connectivity index (χ1) is 7.63. The van der Waals surface area contributed by atoms with Crippen molar-refractivity contribution in [2.24, 2.45) is 7.05 Å². The van der Waals surface area contributed by atoms with Crippen LogP contribution in [0.1, 0.15) is 18.6 Å². The highest BCUT2D eigenvalue weighted by Crippen LogP contribution is 1.99. The summed E-state index contributed by atoms with van der Waals surface area (Å²) >= 11 is 0. The van der Waals surface area contributed by atoms with Gasteiger partial charge in [-0.05, 0) is 13.8 Å². The minimum Gasteiger partial charge on any atom is -0.317 e. The fourth-order valence-corrected chi connectivity index (χ4v) is 1.56. The van der Waals surface area contributed by atoms with Crippen LogP contribution in [-0.4, -0.2) is 23.9 Å². The minimum absolute atomic E-state index is 0.0110. The average Bonchev–Trinajstić information content (AvgIpc) is 2.77. The number of aryl methyl sites for hydroxylation is 2. The third kappa shape index (κ3) is 1.66. The molecule has 0 aliphatic carbocycles. The van der Waals surface area contributed by atoms with Crippen LogP contribution in [0.5, 0.6) is 0 Å². The predicted molar refractivity (Wildman–Crippen MR) is 59.2 cm³/mol. The topological polar surface area (TPSA) is 57.6 Å². The molecule has 0 aliphatic rings. The van der Waals surface area contributed by atoms with Crippen molar-refractivity contribution in [3.8, 4) is 0 Å². The van der Waals surface area contributed by atoms with E-state index in [-0.39, 0.29) is 5.69 Å². The molecule has 0 aliphatic heterocycles. The standard InChI is InChI=1S/C10H15N5O/c1-4-14-5-6-15(10(14)16)7-9-12-11-8(2)13(9)3/h5-6H,4,7H2,1-3H3. The first-order valence-corrected chi connectivity index (χ1v) is 5.24. The molecule has 0 N–H and O–H groups in total. The van der Waals surface area contributed by atoms with Gasteiger partial charge in [0.05, 0.1) is 6.54 Å². The Balaban J connectivity index is 2.31. The normalized spacial score (nSPS) is 10.9. The molecular formula is C10H15N5O. The van der Waals surface area contributed by atoms with E-state index in [1.54, 1.807) is 21.5 Å². The van der Waals surface area contributed by atoms with Crippen LogP contribution in [0.4, 0.5) is 0 Å². The average molecular weight is 221 g/mol. The lowest BCUT2D eigenvalue weighted by molar-refractivity contribution is 0.634. The highest BCUT2D eigenvalue weighted by Gasteiger charge is 2.08. The van der Waals surface area contributed by atoms with Crippen molar-refractivity contribution in [1.29, 1.82) is 0 Å². The van der Waals surface area contributed by atoms with E-state index in [4.69, 9.17) is 0 Å². The van der Waals surface area contributed by atoms with Crippen molar-refractivity contribution in [3.63, 3.8) is 0 Å². The zero-order valence-corrected chi connectivity index (χ0v) is 9.71. The number of hydrogen-bond acceptors (Lipinski definition) is 3. The second-order valence-electron chi connectivity index (χ2n) is 3.72. The Morgan fingerprint density at radius 1 is 1.25 bits per heavy atom. The largest absolute Gasteiger partial charge is 0.328 e. The summed E-state index contributed by atoms with van der Waals surface area (Å²) in [6.07, 6.45) is 3.56. The predicted octanol–water partition coefficient (Wildman–Crippen LogP) is 0.155. The van der Waals surface area contributed by atoms with E-state index in [9.17, 15) is 4.79 Å². The van der Waals surface area contributed by atoms with Crippen LogP contribution in [0, 0.1) is 6.92 Å². The zero-order chi connectivity index (χ0) is 11.7. The molecule has 0 bridgehead atoms. The van der Waals surface area contributed by atoms with Crippen molar-refractivity contribution in [1.82, 2.24) is 23.9 Å². The van der Waals surface area contributed by atoms with Crippen LogP contribution < -0.4 is 5.69 Å². The van der Waals surface area contributed by atoms with Gasteiger partial charge in [-0.3, -0.25) is 9.13 Å². The monoisotopic (exact) mass is 221 g/mol. The Labute approximate surface area is 93.2 Å². The summed E-state index contributed by atoms with van der Waals surface area (Å²) in [4.78, 5) is 11.8. The molecule has 86 valence electrons. The van der Waals surface area contributed by atoms with Gasteiger partial charge in [-0.15, -0.1) is 10.2 Å². The molecule has 2 rings (SSSR count). The van der Waals surface area contributed by atoms with Gasteiger partial charge in [-0.25, -0.2) is 4.79 Å². The third-order valence-electron chi connectivity index (χ3n) is 2.75. The van der Waals surface area contributed by atoms with Crippen LogP contribution in [-0.2, 0) is 20.1 Å². The minimum atomic E-state index is -0.0110. The van der Waals surface area contributed by atoms with Crippen LogP contribution in [0.2, 0.25) is 0 Å². The second kappa shape index (κ2) is 3.96. The molecule has 0 fully saturated rings. The summed E-state index contributed by atoms with van der Waals surface area (Å²) in [6, 6.07) is 0. The van der Waals surface area contributed by atoms with Gasteiger partial charge in [0, 0.05) is 26.0 Å². The molecule has 16 heavy (non-hydrogen) atoms. The lowest BCUT2D eigenvalue weighted by atomic mass is 10.5.